The van der Waals surface area contributed by atoms with E-state index in [1.165, 1.54) is 0 Å². The maximum absolute atomic E-state index is 10.2. The normalized spacial score (nSPS) is 15.0. The van der Waals surface area contributed by atoms with Gasteiger partial charge in [-0.15, -0.1) is 0 Å². The van der Waals surface area contributed by atoms with Crippen molar-refractivity contribution in [1.82, 2.24) is 0 Å². The van der Waals surface area contributed by atoms with Gasteiger partial charge in [-0.3, -0.25) is 0 Å². The van der Waals surface area contributed by atoms with Crippen molar-refractivity contribution in [1.29, 1.82) is 0 Å². The molecule has 0 rings (SSSR count). The summed E-state index contributed by atoms with van der Waals surface area (Å²) in [6.45, 7) is 0.578. The number of rotatable bonds is 5. The van der Waals surface area contributed by atoms with Crippen LogP contribution < -0.4 is 0 Å². The molecule has 0 aromatic heterocycles. The third-order valence-corrected chi connectivity index (χ3v) is 1.95. The smallest absolute Gasteiger partial charge is 0.158 e. The number of ether oxygens (including phenoxy) is 1. The predicted octanol–water partition coefficient (Wildman–Crippen LogP) is 1.37. The summed E-state index contributed by atoms with van der Waals surface area (Å²) in [6.07, 6.45) is 2.35. The van der Waals surface area contributed by atoms with Gasteiger partial charge in [-0.05, 0) is 6.42 Å². The van der Waals surface area contributed by atoms with Crippen LogP contribution in [0, 0.1) is 0 Å². The van der Waals surface area contributed by atoms with Gasteiger partial charge in [-0.2, -0.15) is 0 Å². The summed E-state index contributed by atoms with van der Waals surface area (Å²) in [5.41, 5.74) is 0. The summed E-state index contributed by atoms with van der Waals surface area (Å²) in [6, 6.07) is 0. The SMILES string of the molecule is COCC/C=C(\Cl)CS(=O)O. The van der Waals surface area contributed by atoms with Gasteiger partial charge in [-0.1, -0.05) is 17.7 Å². The van der Waals surface area contributed by atoms with Gasteiger partial charge in [0.05, 0.1) is 5.75 Å². The average Bonchev–Trinajstić information content (AvgIpc) is 1.86. The maximum atomic E-state index is 10.2. The third-order valence-electron chi connectivity index (χ3n) is 0.949. The van der Waals surface area contributed by atoms with E-state index in [0.29, 0.717) is 18.1 Å². The molecule has 5 heteroatoms. The summed E-state index contributed by atoms with van der Waals surface area (Å²) in [7, 11) is 1.59. The molecule has 0 aromatic carbocycles. The van der Waals surface area contributed by atoms with E-state index in [9.17, 15) is 4.21 Å². The lowest BCUT2D eigenvalue weighted by molar-refractivity contribution is 0.204. The van der Waals surface area contributed by atoms with Gasteiger partial charge in [0.25, 0.3) is 0 Å². The van der Waals surface area contributed by atoms with Gasteiger partial charge in [0.1, 0.15) is 0 Å². The van der Waals surface area contributed by atoms with Crippen LogP contribution in [0.1, 0.15) is 6.42 Å². The fourth-order valence-electron chi connectivity index (χ4n) is 0.510. The molecule has 66 valence electrons. The molecule has 11 heavy (non-hydrogen) atoms. The monoisotopic (exact) mass is 198 g/mol. The lowest BCUT2D eigenvalue weighted by Gasteiger charge is -1.94. The van der Waals surface area contributed by atoms with Crippen LogP contribution in [0.4, 0.5) is 0 Å². The summed E-state index contributed by atoms with van der Waals surface area (Å²) in [5, 5.41) is 0.405. The van der Waals surface area contributed by atoms with Crippen LogP contribution in [0.3, 0.4) is 0 Å². The van der Waals surface area contributed by atoms with Crippen LogP contribution in [-0.4, -0.2) is 28.2 Å². The molecule has 0 aromatic rings. The Morgan fingerprint density at radius 3 is 2.91 bits per heavy atom. The lowest BCUT2D eigenvalue weighted by Crippen LogP contribution is -1.95. The summed E-state index contributed by atoms with van der Waals surface area (Å²) < 4.78 is 23.3. The second-order valence-corrected chi connectivity index (χ2v) is 3.32. The largest absolute Gasteiger partial charge is 0.384 e. The lowest BCUT2D eigenvalue weighted by atomic mass is 10.4. The number of hydrogen-bond acceptors (Lipinski definition) is 2. The van der Waals surface area contributed by atoms with Gasteiger partial charge >= 0.3 is 0 Å². The Morgan fingerprint density at radius 1 is 1.82 bits per heavy atom. The summed E-state index contributed by atoms with van der Waals surface area (Å²) in [5.74, 6) is 0.00523. The van der Waals surface area contributed by atoms with E-state index in [4.69, 9.17) is 20.9 Å². The molecule has 0 aliphatic heterocycles. The average molecular weight is 199 g/mol. The molecule has 0 amide bonds. The standard InChI is InChI=1S/C6H11ClO3S/c1-10-4-2-3-6(7)5-11(8)9/h3H,2,4-5H2,1H3,(H,8,9)/b6-3-. The Labute approximate surface area is 73.7 Å². The van der Waals surface area contributed by atoms with Crippen molar-refractivity contribution in [2.75, 3.05) is 19.5 Å². The molecule has 1 atom stereocenters. The Balaban J connectivity index is 3.54. The van der Waals surface area contributed by atoms with Crippen molar-refractivity contribution in [3.8, 4) is 0 Å². The van der Waals surface area contributed by atoms with Crippen LogP contribution >= 0.6 is 11.6 Å². The molecule has 0 aliphatic carbocycles. The van der Waals surface area contributed by atoms with Crippen LogP contribution in [0.5, 0.6) is 0 Å². The highest BCUT2D eigenvalue weighted by molar-refractivity contribution is 7.79. The molecule has 0 saturated heterocycles. The minimum Gasteiger partial charge on any atom is -0.384 e. The van der Waals surface area contributed by atoms with Crippen molar-refractivity contribution in [2.24, 2.45) is 0 Å². The van der Waals surface area contributed by atoms with E-state index in [1.54, 1.807) is 13.2 Å². The highest BCUT2D eigenvalue weighted by Crippen LogP contribution is 2.03. The highest BCUT2D eigenvalue weighted by atomic mass is 35.5. The van der Waals surface area contributed by atoms with E-state index < -0.39 is 11.1 Å². The van der Waals surface area contributed by atoms with E-state index in [1.807, 2.05) is 0 Å². The zero-order valence-electron chi connectivity index (χ0n) is 6.25. The molecular weight excluding hydrogens is 188 g/mol. The first kappa shape index (κ1) is 11.1. The topological polar surface area (TPSA) is 46.5 Å². The van der Waals surface area contributed by atoms with Gasteiger partial charge < -0.3 is 9.29 Å². The second-order valence-electron chi connectivity index (χ2n) is 1.90. The quantitative estimate of drug-likeness (QED) is 0.536. The van der Waals surface area contributed by atoms with Gasteiger partial charge in [0.2, 0.25) is 0 Å². The number of methoxy groups -OCH3 is 1. The van der Waals surface area contributed by atoms with Crippen molar-refractivity contribution in [2.45, 2.75) is 6.42 Å². The summed E-state index contributed by atoms with van der Waals surface area (Å²) >= 11 is 3.72. The van der Waals surface area contributed by atoms with Gasteiger partial charge in [0.15, 0.2) is 11.1 Å². The van der Waals surface area contributed by atoms with Crippen LogP contribution in [0.25, 0.3) is 0 Å². The predicted molar refractivity (Wildman–Crippen MR) is 46.1 cm³/mol. The van der Waals surface area contributed by atoms with Crippen molar-refractivity contribution >= 4 is 22.7 Å². The minimum atomic E-state index is -1.84. The van der Waals surface area contributed by atoms with Gasteiger partial charge in [-0.25, -0.2) is 4.21 Å². The maximum Gasteiger partial charge on any atom is 0.158 e. The first-order chi connectivity index (χ1) is 5.16. The van der Waals surface area contributed by atoms with Crippen molar-refractivity contribution < 1.29 is 13.5 Å². The molecule has 0 saturated carbocycles. The first-order valence-corrected chi connectivity index (χ1v) is 4.73. The Hall–Kier alpha value is 0.1000. The molecule has 0 bridgehead atoms. The molecule has 0 radical (unpaired) electrons. The van der Waals surface area contributed by atoms with E-state index in [2.05, 4.69) is 0 Å². The Bertz CT molecular complexity index is 158. The molecule has 0 heterocycles. The minimum absolute atomic E-state index is 0.00523. The second kappa shape index (κ2) is 6.79. The fraction of sp³-hybridized carbons (Fsp3) is 0.667. The number of halogens is 1. The molecule has 1 unspecified atom stereocenters. The molecular formula is C6H11ClO3S. The molecule has 1 N–H and O–H groups in total. The van der Waals surface area contributed by atoms with Crippen molar-refractivity contribution in [3.05, 3.63) is 11.1 Å². The zero-order chi connectivity index (χ0) is 8.69. The summed E-state index contributed by atoms with van der Waals surface area (Å²) in [4.78, 5) is 0. The zero-order valence-corrected chi connectivity index (χ0v) is 7.82. The van der Waals surface area contributed by atoms with E-state index in [-0.39, 0.29) is 5.75 Å². The fourth-order valence-corrected chi connectivity index (χ4v) is 1.25. The van der Waals surface area contributed by atoms with Crippen molar-refractivity contribution in [3.63, 3.8) is 0 Å². The molecule has 3 nitrogen and oxygen atoms in total. The van der Waals surface area contributed by atoms with Gasteiger partial charge in [0, 0.05) is 18.7 Å². The van der Waals surface area contributed by atoms with E-state index >= 15 is 0 Å². The number of hydrogen-bond donors (Lipinski definition) is 1. The molecule has 0 aliphatic rings. The van der Waals surface area contributed by atoms with E-state index in [0.717, 1.165) is 0 Å². The molecule has 0 fully saturated rings. The molecule has 0 spiro atoms. The highest BCUT2D eigenvalue weighted by Gasteiger charge is 1.96. The Morgan fingerprint density at radius 2 is 2.45 bits per heavy atom. The van der Waals surface area contributed by atoms with Crippen LogP contribution in [0.15, 0.2) is 11.1 Å². The first-order valence-electron chi connectivity index (χ1n) is 3.07. The van der Waals surface area contributed by atoms with Crippen LogP contribution in [0.2, 0.25) is 0 Å². The Kier molecular flexibility index (Phi) is 6.85. The van der Waals surface area contributed by atoms with Crippen LogP contribution in [-0.2, 0) is 15.8 Å². The third kappa shape index (κ3) is 8.00.